The molecule has 1 saturated heterocycles. The summed E-state index contributed by atoms with van der Waals surface area (Å²) >= 11 is 0. The first-order valence-electron chi connectivity index (χ1n) is 9.71. The zero-order valence-corrected chi connectivity index (χ0v) is 15.9. The molecule has 5 nitrogen and oxygen atoms in total. The van der Waals surface area contributed by atoms with E-state index in [1.54, 1.807) is 18.3 Å². The van der Waals surface area contributed by atoms with Crippen LogP contribution in [-0.4, -0.2) is 41.3 Å². The van der Waals surface area contributed by atoms with Crippen LogP contribution >= 0.6 is 0 Å². The van der Waals surface area contributed by atoms with Crippen molar-refractivity contribution in [1.29, 1.82) is 0 Å². The lowest BCUT2D eigenvalue weighted by atomic mass is 9.99. The Morgan fingerprint density at radius 2 is 1.89 bits per heavy atom. The third kappa shape index (κ3) is 5.39. The van der Waals surface area contributed by atoms with Crippen LogP contribution in [0, 0.1) is 5.92 Å². The van der Waals surface area contributed by atoms with E-state index >= 15 is 0 Å². The molecule has 2 aromatic rings. The Morgan fingerprint density at radius 3 is 2.63 bits per heavy atom. The zero-order valence-electron chi connectivity index (χ0n) is 15.9. The highest BCUT2D eigenvalue weighted by molar-refractivity contribution is 5.98. The minimum Gasteiger partial charge on any atom is -0.352 e. The number of hydrogen-bond acceptors (Lipinski definition) is 3. The van der Waals surface area contributed by atoms with Crippen molar-refractivity contribution in [2.75, 3.05) is 19.6 Å². The maximum Gasteiger partial charge on any atom is 0.272 e. The average Bonchev–Trinajstić information content (AvgIpc) is 2.72. The molecule has 1 N–H and O–H groups in total. The fourth-order valence-electron chi connectivity index (χ4n) is 3.30. The van der Waals surface area contributed by atoms with Gasteiger partial charge in [0.05, 0.1) is 0 Å². The first kappa shape index (κ1) is 19.1. The number of nitrogens with one attached hydrogen (secondary N) is 1. The third-order valence-corrected chi connectivity index (χ3v) is 5.08. The summed E-state index contributed by atoms with van der Waals surface area (Å²) in [5, 5.41) is 2.93. The van der Waals surface area contributed by atoms with Crippen molar-refractivity contribution in [3.8, 4) is 0 Å². The van der Waals surface area contributed by atoms with Crippen molar-refractivity contribution < 1.29 is 9.59 Å². The Labute approximate surface area is 160 Å². The Hall–Kier alpha value is -2.69. The number of benzene rings is 1. The van der Waals surface area contributed by atoms with Gasteiger partial charge in [-0.2, -0.15) is 0 Å². The van der Waals surface area contributed by atoms with Gasteiger partial charge in [0.2, 0.25) is 0 Å². The smallest absolute Gasteiger partial charge is 0.272 e. The number of hydrogen-bond donors (Lipinski definition) is 1. The van der Waals surface area contributed by atoms with Gasteiger partial charge in [0.25, 0.3) is 11.8 Å². The van der Waals surface area contributed by atoms with Crippen molar-refractivity contribution >= 4 is 11.8 Å². The molecule has 2 heterocycles. The van der Waals surface area contributed by atoms with Crippen LogP contribution in [0.3, 0.4) is 0 Å². The lowest BCUT2D eigenvalue weighted by Gasteiger charge is -2.30. The van der Waals surface area contributed by atoms with Gasteiger partial charge in [0, 0.05) is 31.4 Å². The number of likely N-dealkylation sites (tertiary alicyclic amines) is 1. The minimum atomic E-state index is -0.160. The van der Waals surface area contributed by atoms with Gasteiger partial charge >= 0.3 is 0 Å². The van der Waals surface area contributed by atoms with Crippen molar-refractivity contribution in [1.82, 2.24) is 15.2 Å². The van der Waals surface area contributed by atoms with Gasteiger partial charge in [-0.05, 0) is 49.3 Å². The second-order valence-electron chi connectivity index (χ2n) is 7.25. The van der Waals surface area contributed by atoms with Gasteiger partial charge in [-0.25, -0.2) is 0 Å². The van der Waals surface area contributed by atoms with E-state index < -0.39 is 0 Å². The van der Waals surface area contributed by atoms with Gasteiger partial charge in [-0.1, -0.05) is 37.3 Å². The Bertz CT molecular complexity index is 768. The molecule has 5 heteroatoms. The van der Waals surface area contributed by atoms with Crippen molar-refractivity contribution in [3.63, 3.8) is 0 Å². The van der Waals surface area contributed by atoms with Crippen LogP contribution in [0.1, 0.15) is 52.6 Å². The molecular formula is C22H27N3O2. The second-order valence-corrected chi connectivity index (χ2v) is 7.25. The maximum atomic E-state index is 12.6. The summed E-state index contributed by atoms with van der Waals surface area (Å²) in [6.45, 7) is 4.33. The lowest BCUT2D eigenvalue weighted by Crippen LogP contribution is -2.38. The lowest BCUT2D eigenvalue weighted by molar-refractivity contribution is 0.0691. The number of rotatable bonds is 6. The van der Waals surface area contributed by atoms with E-state index in [9.17, 15) is 9.59 Å². The molecule has 142 valence electrons. The van der Waals surface area contributed by atoms with Crippen molar-refractivity contribution in [2.45, 2.75) is 32.6 Å². The molecule has 0 unspecified atom stereocenters. The number of amides is 2. The molecule has 2 amide bonds. The topological polar surface area (TPSA) is 62.3 Å². The quantitative estimate of drug-likeness (QED) is 0.799. The largest absolute Gasteiger partial charge is 0.352 e. The van der Waals surface area contributed by atoms with Crippen molar-refractivity contribution in [3.05, 3.63) is 65.5 Å². The molecule has 0 saturated carbocycles. The summed E-state index contributed by atoms with van der Waals surface area (Å²) in [5.74, 6) is 0.419. The van der Waals surface area contributed by atoms with E-state index in [1.807, 2.05) is 23.1 Å². The predicted molar refractivity (Wildman–Crippen MR) is 106 cm³/mol. The third-order valence-electron chi connectivity index (χ3n) is 5.08. The zero-order chi connectivity index (χ0) is 19.1. The fourth-order valence-corrected chi connectivity index (χ4v) is 3.30. The second kappa shape index (κ2) is 9.31. The number of aryl methyl sites for hydroxylation is 1. The number of pyridine rings is 1. The number of carbonyl (C=O) groups excluding carboxylic acids is 2. The minimum absolute atomic E-state index is 0.0828. The van der Waals surface area contributed by atoms with E-state index in [-0.39, 0.29) is 11.8 Å². The van der Waals surface area contributed by atoms with Gasteiger partial charge in [-0.15, -0.1) is 0 Å². The fraction of sp³-hybridized carbons (Fsp3) is 0.409. The first-order valence-corrected chi connectivity index (χ1v) is 9.71. The summed E-state index contributed by atoms with van der Waals surface area (Å²) in [4.78, 5) is 31.0. The molecule has 0 bridgehead atoms. The van der Waals surface area contributed by atoms with Crippen LogP contribution in [0.4, 0.5) is 0 Å². The Morgan fingerprint density at radius 1 is 1.15 bits per heavy atom. The summed E-state index contributed by atoms with van der Waals surface area (Å²) < 4.78 is 0. The van der Waals surface area contributed by atoms with Crippen LogP contribution in [0.5, 0.6) is 0 Å². The van der Waals surface area contributed by atoms with Crippen LogP contribution < -0.4 is 5.32 Å². The molecule has 27 heavy (non-hydrogen) atoms. The monoisotopic (exact) mass is 365 g/mol. The molecule has 0 atom stereocenters. The van der Waals surface area contributed by atoms with Gasteiger partial charge in [-0.3, -0.25) is 14.6 Å². The number of carbonyl (C=O) groups is 2. The SMILES string of the molecule is CC1CCN(C(=O)c2cc(C(=O)NCCCc3ccccc3)ccn2)CC1. The van der Waals surface area contributed by atoms with Crippen LogP contribution in [0.2, 0.25) is 0 Å². The first-order chi connectivity index (χ1) is 13.1. The maximum absolute atomic E-state index is 12.6. The van der Waals surface area contributed by atoms with Crippen molar-refractivity contribution in [2.24, 2.45) is 5.92 Å². The predicted octanol–water partition coefficient (Wildman–Crippen LogP) is 3.32. The van der Waals surface area contributed by atoms with E-state index in [1.165, 1.54) is 5.56 Å². The van der Waals surface area contributed by atoms with Crippen LogP contribution in [-0.2, 0) is 6.42 Å². The summed E-state index contributed by atoms with van der Waals surface area (Å²) in [7, 11) is 0. The molecule has 1 aromatic heterocycles. The molecule has 1 aromatic carbocycles. The Balaban J connectivity index is 1.51. The molecule has 0 aliphatic carbocycles. The van der Waals surface area contributed by atoms with E-state index in [4.69, 9.17) is 0 Å². The normalized spacial score (nSPS) is 14.8. The standard InChI is InChI=1S/C22H27N3O2/c1-17-10-14-25(15-11-17)22(27)20-16-19(9-13-23-20)21(26)24-12-5-8-18-6-3-2-4-7-18/h2-4,6-7,9,13,16-17H,5,8,10-12,14-15H2,1H3,(H,24,26). The van der Waals surface area contributed by atoms with Gasteiger partial charge in [0.1, 0.15) is 5.69 Å². The molecule has 1 aliphatic rings. The van der Waals surface area contributed by atoms with E-state index in [2.05, 4.69) is 29.4 Å². The summed E-state index contributed by atoms with van der Waals surface area (Å²) in [6.07, 6.45) is 5.38. The highest BCUT2D eigenvalue weighted by Crippen LogP contribution is 2.18. The van der Waals surface area contributed by atoms with E-state index in [0.717, 1.165) is 38.8 Å². The number of nitrogens with zero attached hydrogens (tertiary/aromatic N) is 2. The number of aromatic nitrogens is 1. The highest BCUT2D eigenvalue weighted by atomic mass is 16.2. The molecule has 1 fully saturated rings. The van der Waals surface area contributed by atoms with Crippen LogP contribution in [0.15, 0.2) is 48.7 Å². The van der Waals surface area contributed by atoms with E-state index in [0.29, 0.717) is 23.7 Å². The summed E-state index contributed by atoms with van der Waals surface area (Å²) in [6, 6.07) is 13.5. The highest BCUT2D eigenvalue weighted by Gasteiger charge is 2.22. The van der Waals surface area contributed by atoms with Gasteiger partial charge in [0.15, 0.2) is 0 Å². The summed E-state index contributed by atoms with van der Waals surface area (Å²) in [5.41, 5.74) is 2.10. The number of piperidine rings is 1. The molecule has 1 aliphatic heterocycles. The van der Waals surface area contributed by atoms with Crippen LogP contribution in [0.25, 0.3) is 0 Å². The molecule has 0 radical (unpaired) electrons. The molecule has 0 spiro atoms. The Kier molecular flexibility index (Phi) is 6.58. The average molecular weight is 365 g/mol. The van der Waals surface area contributed by atoms with Gasteiger partial charge < -0.3 is 10.2 Å². The molecular weight excluding hydrogens is 338 g/mol. The molecule has 3 rings (SSSR count).